The van der Waals surface area contributed by atoms with Gasteiger partial charge in [-0.15, -0.1) is 0 Å². The van der Waals surface area contributed by atoms with E-state index in [0.717, 1.165) is 0 Å². The Bertz CT molecular complexity index is 653. The molecule has 8 heteroatoms. The van der Waals surface area contributed by atoms with Gasteiger partial charge in [-0.3, -0.25) is 19.6 Å². The van der Waals surface area contributed by atoms with Crippen molar-refractivity contribution in [3.8, 4) is 11.4 Å². The molecular formula is C13H14N4O4. The van der Waals surface area contributed by atoms with Crippen LogP contribution in [0, 0.1) is 10.1 Å². The molecule has 110 valence electrons. The summed E-state index contributed by atoms with van der Waals surface area (Å²) in [5.41, 5.74) is 0.537. The number of rotatable bonds is 6. The molecule has 0 bridgehead atoms. The monoisotopic (exact) mass is 290 g/mol. The summed E-state index contributed by atoms with van der Waals surface area (Å²) >= 11 is 0. The molecule has 1 aromatic carbocycles. The number of aryl methyl sites for hydroxylation is 1. The number of esters is 1. The third kappa shape index (κ3) is 3.85. The highest BCUT2D eigenvalue weighted by Gasteiger charge is 2.11. The Hall–Kier alpha value is -2.77. The largest absolute Gasteiger partial charge is 0.466 e. The zero-order valence-corrected chi connectivity index (χ0v) is 11.4. The minimum atomic E-state index is -0.471. The Morgan fingerprint density at radius 2 is 2.29 bits per heavy atom. The highest BCUT2D eigenvalue weighted by atomic mass is 16.6. The van der Waals surface area contributed by atoms with Crippen LogP contribution in [-0.4, -0.2) is 32.3 Å². The van der Waals surface area contributed by atoms with Crippen LogP contribution in [0.1, 0.15) is 13.3 Å². The molecule has 1 aromatic heterocycles. The molecule has 21 heavy (non-hydrogen) atoms. The molecule has 8 nitrogen and oxygen atoms in total. The Morgan fingerprint density at radius 1 is 1.48 bits per heavy atom. The fourth-order valence-corrected chi connectivity index (χ4v) is 1.73. The first-order valence-electron chi connectivity index (χ1n) is 6.40. The smallest absolute Gasteiger partial charge is 0.307 e. The first-order chi connectivity index (χ1) is 10.1. The average Bonchev–Trinajstić information content (AvgIpc) is 2.94. The Morgan fingerprint density at radius 3 is 3.00 bits per heavy atom. The summed E-state index contributed by atoms with van der Waals surface area (Å²) in [6, 6.07) is 6.08. The van der Waals surface area contributed by atoms with E-state index in [1.165, 1.54) is 23.1 Å². The fourth-order valence-electron chi connectivity index (χ4n) is 1.73. The lowest BCUT2D eigenvalue weighted by molar-refractivity contribution is -0.384. The highest BCUT2D eigenvalue weighted by Crippen LogP contribution is 2.20. The summed E-state index contributed by atoms with van der Waals surface area (Å²) in [6.45, 7) is 2.43. The lowest BCUT2D eigenvalue weighted by Gasteiger charge is -2.01. The van der Waals surface area contributed by atoms with E-state index >= 15 is 0 Å². The molecule has 0 N–H and O–H groups in total. The molecule has 0 unspecified atom stereocenters. The van der Waals surface area contributed by atoms with Gasteiger partial charge in [-0.05, 0) is 6.92 Å². The van der Waals surface area contributed by atoms with Gasteiger partial charge >= 0.3 is 5.97 Å². The minimum Gasteiger partial charge on any atom is -0.466 e. The van der Waals surface area contributed by atoms with Gasteiger partial charge in [0, 0.05) is 17.7 Å². The van der Waals surface area contributed by atoms with Gasteiger partial charge in [-0.25, -0.2) is 4.98 Å². The van der Waals surface area contributed by atoms with Crippen LogP contribution in [-0.2, 0) is 16.1 Å². The van der Waals surface area contributed by atoms with Crippen molar-refractivity contribution in [3.63, 3.8) is 0 Å². The molecule has 0 saturated carbocycles. The second-order valence-corrected chi connectivity index (χ2v) is 4.19. The van der Waals surface area contributed by atoms with Crippen molar-refractivity contribution >= 4 is 11.7 Å². The third-order valence-corrected chi connectivity index (χ3v) is 2.70. The van der Waals surface area contributed by atoms with E-state index in [1.54, 1.807) is 19.1 Å². The number of carbonyl (C=O) groups is 1. The van der Waals surface area contributed by atoms with E-state index in [1.807, 2.05) is 0 Å². The van der Waals surface area contributed by atoms with Gasteiger partial charge in [0.2, 0.25) is 0 Å². The maximum absolute atomic E-state index is 11.3. The number of nitrogens with zero attached hydrogens (tertiary/aromatic N) is 4. The predicted octanol–water partition coefficient (Wildman–Crippen LogP) is 1.81. The normalized spacial score (nSPS) is 10.3. The minimum absolute atomic E-state index is 0.0182. The zero-order valence-electron chi connectivity index (χ0n) is 11.4. The number of hydrogen-bond acceptors (Lipinski definition) is 6. The molecule has 1 heterocycles. The van der Waals surface area contributed by atoms with Gasteiger partial charge in [0.15, 0.2) is 5.82 Å². The number of hydrogen-bond donors (Lipinski definition) is 0. The van der Waals surface area contributed by atoms with Gasteiger partial charge in [0.1, 0.15) is 6.33 Å². The van der Waals surface area contributed by atoms with E-state index < -0.39 is 4.92 Å². The Labute approximate surface area is 120 Å². The van der Waals surface area contributed by atoms with Gasteiger partial charge in [-0.2, -0.15) is 5.10 Å². The predicted molar refractivity (Wildman–Crippen MR) is 73.4 cm³/mol. The number of ether oxygens (including phenoxy) is 1. The van der Waals surface area contributed by atoms with Crippen LogP contribution in [0.25, 0.3) is 11.4 Å². The number of nitro groups is 1. The van der Waals surface area contributed by atoms with Crippen LogP contribution in [0.2, 0.25) is 0 Å². The van der Waals surface area contributed by atoms with Crippen molar-refractivity contribution in [2.24, 2.45) is 0 Å². The van der Waals surface area contributed by atoms with Crippen LogP contribution >= 0.6 is 0 Å². The molecule has 0 saturated heterocycles. The second kappa shape index (κ2) is 6.60. The quantitative estimate of drug-likeness (QED) is 0.457. The zero-order chi connectivity index (χ0) is 15.2. The summed E-state index contributed by atoms with van der Waals surface area (Å²) in [7, 11) is 0. The second-order valence-electron chi connectivity index (χ2n) is 4.19. The van der Waals surface area contributed by atoms with E-state index in [-0.39, 0.29) is 18.1 Å². The van der Waals surface area contributed by atoms with Crippen LogP contribution in [0.5, 0.6) is 0 Å². The molecule has 0 fully saturated rings. The maximum atomic E-state index is 11.3. The number of aromatic nitrogens is 3. The van der Waals surface area contributed by atoms with E-state index in [2.05, 4.69) is 10.1 Å². The molecule has 0 aliphatic carbocycles. The van der Waals surface area contributed by atoms with Crippen molar-refractivity contribution in [1.29, 1.82) is 0 Å². The lowest BCUT2D eigenvalue weighted by atomic mass is 10.2. The molecular weight excluding hydrogens is 276 g/mol. The molecule has 2 aromatic rings. The molecule has 2 rings (SSSR count). The van der Waals surface area contributed by atoms with E-state index in [4.69, 9.17) is 4.74 Å². The summed E-state index contributed by atoms with van der Waals surface area (Å²) in [5, 5.41) is 14.9. The molecule has 0 radical (unpaired) electrons. The van der Waals surface area contributed by atoms with Crippen LogP contribution in [0.15, 0.2) is 30.6 Å². The van der Waals surface area contributed by atoms with Crippen molar-refractivity contribution in [2.75, 3.05) is 6.61 Å². The fraction of sp³-hybridized carbons (Fsp3) is 0.308. The summed E-state index contributed by atoms with van der Waals surface area (Å²) in [6.07, 6.45) is 1.68. The van der Waals surface area contributed by atoms with E-state index in [0.29, 0.717) is 24.5 Å². The number of nitro benzene ring substituents is 1. The SMILES string of the molecule is CCOC(=O)CCn1cnc(-c2cccc([N+](=O)[O-])c2)n1. The van der Waals surface area contributed by atoms with Crippen LogP contribution < -0.4 is 0 Å². The van der Waals surface area contributed by atoms with Gasteiger partial charge in [0.05, 0.1) is 24.5 Å². The average molecular weight is 290 g/mol. The lowest BCUT2D eigenvalue weighted by Crippen LogP contribution is -2.09. The third-order valence-electron chi connectivity index (χ3n) is 2.70. The summed E-state index contributed by atoms with van der Waals surface area (Å²) in [4.78, 5) is 25.6. The standard InChI is InChI=1S/C13H14N4O4/c1-2-21-12(18)6-7-16-9-14-13(15-16)10-4-3-5-11(8-10)17(19)20/h3-5,8-9H,2,6-7H2,1H3. The van der Waals surface area contributed by atoms with Crippen molar-refractivity contribution in [1.82, 2.24) is 14.8 Å². The van der Waals surface area contributed by atoms with Crippen molar-refractivity contribution in [2.45, 2.75) is 19.9 Å². The van der Waals surface area contributed by atoms with Gasteiger partial charge in [0.25, 0.3) is 5.69 Å². The molecule has 0 spiro atoms. The van der Waals surface area contributed by atoms with Crippen molar-refractivity contribution < 1.29 is 14.5 Å². The maximum Gasteiger partial charge on any atom is 0.307 e. The van der Waals surface area contributed by atoms with Crippen LogP contribution in [0.3, 0.4) is 0 Å². The molecule has 0 amide bonds. The Kier molecular flexibility index (Phi) is 4.60. The van der Waals surface area contributed by atoms with Gasteiger partial charge < -0.3 is 4.74 Å². The first-order valence-corrected chi connectivity index (χ1v) is 6.40. The number of benzene rings is 1. The van der Waals surface area contributed by atoms with Crippen molar-refractivity contribution in [3.05, 3.63) is 40.7 Å². The molecule has 0 aliphatic rings. The summed E-state index contributed by atoms with van der Waals surface area (Å²) < 4.78 is 6.33. The number of non-ortho nitro benzene ring substituents is 1. The van der Waals surface area contributed by atoms with Gasteiger partial charge in [-0.1, -0.05) is 12.1 Å². The molecule has 0 aliphatic heterocycles. The topological polar surface area (TPSA) is 100 Å². The highest BCUT2D eigenvalue weighted by molar-refractivity contribution is 5.69. The first kappa shape index (κ1) is 14.6. The van der Waals surface area contributed by atoms with E-state index in [9.17, 15) is 14.9 Å². The molecule has 0 atom stereocenters. The Balaban J connectivity index is 2.07. The number of carbonyl (C=O) groups excluding carboxylic acids is 1. The van der Waals surface area contributed by atoms with Crippen LogP contribution in [0.4, 0.5) is 5.69 Å². The summed E-state index contributed by atoms with van der Waals surface area (Å²) in [5.74, 6) is 0.0763.